The lowest BCUT2D eigenvalue weighted by atomic mass is 9.78. The summed E-state index contributed by atoms with van der Waals surface area (Å²) in [6, 6.07) is 11.9. The zero-order valence-electron chi connectivity index (χ0n) is 12.9. The molecular formula is C18H24N2. The minimum absolute atomic E-state index is 0.468. The Bertz CT molecular complexity index is 671. The summed E-state index contributed by atoms with van der Waals surface area (Å²) < 4.78 is 2.42. The van der Waals surface area contributed by atoms with Crippen LogP contribution in [0.2, 0.25) is 0 Å². The van der Waals surface area contributed by atoms with E-state index in [1.54, 1.807) is 0 Å². The van der Waals surface area contributed by atoms with Gasteiger partial charge in [0.25, 0.3) is 0 Å². The van der Waals surface area contributed by atoms with Gasteiger partial charge in [-0.1, -0.05) is 31.5 Å². The highest BCUT2D eigenvalue weighted by Gasteiger charge is 2.64. The Morgan fingerprint density at radius 2 is 2.05 bits per heavy atom. The molecule has 0 bridgehead atoms. The van der Waals surface area contributed by atoms with Crippen LogP contribution in [0.3, 0.4) is 0 Å². The predicted octanol–water partition coefficient (Wildman–Crippen LogP) is 3.76. The predicted molar refractivity (Wildman–Crippen MR) is 84.0 cm³/mol. The number of hydrogen-bond donors (Lipinski definition) is 0. The van der Waals surface area contributed by atoms with Gasteiger partial charge >= 0.3 is 0 Å². The fourth-order valence-electron chi connectivity index (χ4n) is 4.94. The second-order valence-corrected chi connectivity index (χ2v) is 6.95. The van der Waals surface area contributed by atoms with Gasteiger partial charge in [-0.05, 0) is 37.3 Å². The summed E-state index contributed by atoms with van der Waals surface area (Å²) in [7, 11) is 2.23. The Morgan fingerprint density at radius 3 is 2.75 bits per heavy atom. The molecule has 0 aliphatic carbocycles. The van der Waals surface area contributed by atoms with Crippen LogP contribution in [0.1, 0.15) is 38.8 Å². The van der Waals surface area contributed by atoms with Gasteiger partial charge in [-0.3, -0.25) is 4.90 Å². The molecule has 0 amide bonds. The van der Waals surface area contributed by atoms with Crippen LogP contribution >= 0.6 is 0 Å². The molecule has 2 saturated heterocycles. The number of aryl methyl sites for hydroxylation is 1. The smallest absolute Gasteiger partial charge is 0.0479 e. The lowest BCUT2D eigenvalue weighted by Crippen LogP contribution is -2.27. The quantitative estimate of drug-likeness (QED) is 0.753. The Labute approximate surface area is 121 Å². The first-order chi connectivity index (χ1) is 9.58. The number of aromatic nitrogens is 1. The first-order valence-electron chi connectivity index (χ1n) is 7.89. The second kappa shape index (κ2) is 3.88. The van der Waals surface area contributed by atoms with Crippen molar-refractivity contribution >= 4 is 10.9 Å². The fourth-order valence-corrected chi connectivity index (χ4v) is 4.94. The average molecular weight is 268 g/mol. The molecule has 1 aromatic heterocycles. The van der Waals surface area contributed by atoms with Gasteiger partial charge in [-0.25, -0.2) is 0 Å². The SMILES string of the molecule is CCC1C(c2cc3ccccc3n2C)[C@@H](C)N2CC12C. The van der Waals surface area contributed by atoms with Gasteiger partial charge < -0.3 is 4.57 Å². The lowest BCUT2D eigenvalue weighted by Gasteiger charge is -2.27. The summed E-state index contributed by atoms with van der Waals surface area (Å²) in [6.45, 7) is 8.54. The molecule has 0 radical (unpaired) electrons. The molecule has 1 aromatic carbocycles. The molecule has 4 rings (SSSR count). The number of rotatable bonds is 2. The highest BCUT2D eigenvalue weighted by Crippen LogP contribution is 2.58. The molecule has 2 fully saturated rings. The van der Waals surface area contributed by atoms with Gasteiger partial charge in [0, 0.05) is 42.3 Å². The third-order valence-corrected chi connectivity index (χ3v) is 6.06. The normalized spacial score (nSPS) is 39.2. The molecule has 2 aliphatic heterocycles. The molecule has 2 aromatic rings. The highest BCUT2D eigenvalue weighted by molar-refractivity contribution is 5.81. The topological polar surface area (TPSA) is 7.94 Å². The standard InChI is InChI=1S/C18H24N2/c1-5-14-17(12(2)20-11-18(14,20)3)16-10-13-8-6-7-9-15(13)19(16)4/h6-10,12,14,17H,5,11H2,1-4H3/t12-,14?,17?,18?,20?/m1/s1. The zero-order chi connectivity index (χ0) is 14.1. The number of para-hydroxylation sites is 1. The Hall–Kier alpha value is -1.28. The maximum Gasteiger partial charge on any atom is 0.0479 e. The molecule has 2 heteroatoms. The van der Waals surface area contributed by atoms with Gasteiger partial charge in [0.1, 0.15) is 0 Å². The molecule has 0 spiro atoms. The van der Waals surface area contributed by atoms with Crippen molar-refractivity contribution in [2.45, 2.75) is 44.7 Å². The summed E-state index contributed by atoms with van der Waals surface area (Å²) in [5, 5.41) is 1.38. The molecule has 5 atom stereocenters. The molecule has 0 saturated carbocycles. The summed E-state index contributed by atoms with van der Waals surface area (Å²) >= 11 is 0. The van der Waals surface area contributed by atoms with Crippen molar-refractivity contribution in [3.63, 3.8) is 0 Å². The molecule has 0 N–H and O–H groups in total. The van der Waals surface area contributed by atoms with Crippen molar-refractivity contribution in [3.05, 3.63) is 36.0 Å². The van der Waals surface area contributed by atoms with Gasteiger partial charge in [-0.2, -0.15) is 0 Å². The van der Waals surface area contributed by atoms with E-state index in [1.165, 1.54) is 29.6 Å². The maximum absolute atomic E-state index is 2.70. The van der Waals surface area contributed by atoms with E-state index < -0.39 is 0 Å². The molecule has 3 heterocycles. The van der Waals surface area contributed by atoms with E-state index in [2.05, 4.69) is 67.6 Å². The third-order valence-electron chi connectivity index (χ3n) is 6.06. The monoisotopic (exact) mass is 268 g/mol. The van der Waals surface area contributed by atoms with E-state index >= 15 is 0 Å². The Balaban J connectivity index is 1.85. The van der Waals surface area contributed by atoms with Crippen LogP contribution in [0.5, 0.6) is 0 Å². The second-order valence-electron chi connectivity index (χ2n) is 6.95. The minimum Gasteiger partial charge on any atom is -0.347 e. The van der Waals surface area contributed by atoms with E-state index in [4.69, 9.17) is 0 Å². The average Bonchev–Trinajstić information content (AvgIpc) is 2.96. The van der Waals surface area contributed by atoms with Crippen LogP contribution in [-0.2, 0) is 7.05 Å². The van der Waals surface area contributed by atoms with Crippen LogP contribution in [0.15, 0.2) is 30.3 Å². The van der Waals surface area contributed by atoms with Gasteiger partial charge in [0.05, 0.1) is 0 Å². The van der Waals surface area contributed by atoms with E-state index in [9.17, 15) is 0 Å². The molecule has 2 nitrogen and oxygen atoms in total. The van der Waals surface area contributed by atoms with Crippen LogP contribution in [0, 0.1) is 5.92 Å². The Kier molecular flexibility index (Phi) is 2.42. The van der Waals surface area contributed by atoms with Crippen molar-refractivity contribution in [2.24, 2.45) is 13.0 Å². The maximum atomic E-state index is 2.70. The van der Waals surface area contributed by atoms with Gasteiger partial charge in [-0.15, -0.1) is 0 Å². The van der Waals surface area contributed by atoms with E-state index in [1.807, 2.05) is 0 Å². The molecular weight excluding hydrogens is 244 g/mol. The highest BCUT2D eigenvalue weighted by atomic mass is 15.4. The van der Waals surface area contributed by atoms with Crippen molar-refractivity contribution in [1.29, 1.82) is 0 Å². The van der Waals surface area contributed by atoms with Crippen LogP contribution in [-0.4, -0.2) is 27.6 Å². The van der Waals surface area contributed by atoms with Crippen molar-refractivity contribution < 1.29 is 0 Å². The number of piperidine rings is 1. The molecule has 106 valence electrons. The van der Waals surface area contributed by atoms with E-state index in [-0.39, 0.29) is 0 Å². The van der Waals surface area contributed by atoms with Crippen LogP contribution in [0.4, 0.5) is 0 Å². The van der Waals surface area contributed by atoms with Crippen molar-refractivity contribution in [1.82, 2.24) is 9.47 Å². The number of hydrogen-bond acceptors (Lipinski definition) is 1. The molecule has 2 aliphatic rings. The molecule has 4 unspecified atom stereocenters. The minimum atomic E-state index is 0.468. The van der Waals surface area contributed by atoms with Crippen LogP contribution < -0.4 is 0 Å². The van der Waals surface area contributed by atoms with Gasteiger partial charge in [0.2, 0.25) is 0 Å². The molecule has 20 heavy (non-hydrogen) atoms. The van der Waals surface area contributed by atoms with Crippen molar-refractivity contribution in [2.75, 3.05) is 6.54 Å². The van der Waals surface area contributed by atoms with Crippen LogP contribution in [0.25, 0.3) is 10.9 Å². The number of nitrogens with zero attached hydrogens (tertiary/aromatic N) is 2. The van der Waals surface area contributed by atoms with Crippen molar-refractivity contribution in [3.8, 4) is 0 Å². The summed E-state index contributed by atoms with van der Waals surface area (Å²) in [5.41, 5.74) is 3.36. The number of fused-ring (bicyclic) bond motifs is 2. The summed E-state index contributed by atoms with van der Waals surface area (Å²) in [4.78, 5) is 2.70. The zero-order valence-corrected chi connectivity index (χ0v) is 12.9. The van der Waals surface area contributed by atoms with E-state index in [0.29, 0.717) is 17.5 Å². The first kappa shape index (κ1) is 12.5. The van der Waals surface area contributed by atoms with Gasteiger partial charge in [0.15, 0.2) is 0 Å². The number of benzene rings is 1. The fraction of sp³-hybridized carbons (Fsp3) is 0.556. The Morgan fingerprint density at radius 1 is 1.30 bits per heavy atom. The first-order valence-corrected chi connectivity index (χ1v) is 7.89. The summed E-state index contributed by atoms with van der Waals surface area (Å²) in [6.07, 6.45) is 1.28. The van der Waals surface area contributed by atoms with E-state index in [0.717, 1.165) is 5.92 Å². The third kappa shape index (κ3) is 1.38. The summed E-state index contributed by atoms with van der Waals surface area (Å²) in [5.74, 6) is 1.47. The lowest BCUT2D eigenvalue weighted by molar-refractivity contribution is 0.365. The largest absolute Gasteiger partial charge is 0.347 e.